The van der Waals surface area contributed by atoms with Crippen molar-refractivity contribution in [1.29, 1.82) is 0 Å². The van der Waals surface area contributed by atoms with Crippen LogP contribution in [-0.4, -0.2) is 53.8 Å². The minimum Gasteiger partial charge on any atom is -0.377 e. The summed E-state index contributed by atoms with van der Waals surface area (Å²) in [5.74, 6) is -0.455. The lowest BCUT2D eigenvalue weighted by molar-refractivity contribution is -0.123. The van der Waals surface area contributed by atoms with Crippen LogP contribution in [0.25, 0.3) is 0 Å². The molecule has 9 heteroatoms. The molecule has 1 aromatic rings. The van der Waals surface area contributed by atoms with Crippen molar-refractivity contribution < 1.29 is 14.3 Å². The maximum absolute atomic E-state index is 12.7. The van der Waals surface area contributed by atoms with Gasteiger partial charge in [0, 0.05) is 24.9 Å². The van der Waals surface area contributed by atoms with Crippen LogP contribution in [0.4, 0.5) is 11.4 Å². The van der Waals surface area contributed by atoms with E-state index in [1.807, 2.05) is 4.90 Å². The van der Waals surface area contributed by atoms with Crippen molar-refractivity contribution in [3.05, 3.63) is 35.0 Å². The van der Waals surface area contributed by atoms with Crippen LogP contribution in [0.1, 0.15) is 6.42 Å². The van der Waals surface area contributed by atoms with Gasteiger partial charge in [0.1, 0.15) is 11.7 Å². The summed E-state index contributed by atoms with van der Waals surface area (Å²) in [6.07, 6.45) is 4.06. The summed E-state index contributed by atoms with van der Waals surface area (Å²) < 4.78 is 5.38. The van der Waals surface area contributed by atoms with Gasteiger partial charge in [0.15, 0.2) is 5.11 Å². The second-order valence-electron chi connectivity index (χ2n) is 6.00. The van der Waals surface area contributed by atoms with E-state index < -0.39 is 6.04 Å². The average molecular weight is 391 g/mol. The van der Waals surface area contributed by atoms with E-state index in [1.54, 1.807) is 30.5 Å². The fraction of sp³-hybridized carbons (Fsp3) is 0.294. The van der Waals surface area contributed by atoms with Crippen LogP contribution >= 0.6 is 23.8 Å². The molecular formula is C17H15ClN4O3S. The zero-order valence-corrected chi connectivity index (χ0v) is 15.2. The second kappa shape index (κ2) is 6.79. The van der Waals surface area contributed by atoms with Crippen LogP contribution in [0.5, 0.6) is 0 Å². The molecule has 3 aliphatic heterocycles. The average Bonchev–Trinajstić information content (AvgIpc) is 3.25. The van der Waals surface area contributed by atoms with Gasteiger partial charge in [0.2, 0.25) is 0 Å². The molecule has 7 nitrogen and oxygen atoms in total. The first kappa shape index (κ1) is 17.1. The predicted octanol–water partition coefficient (Wildman–Crippen LogP) is 1.97. The third-order valence-corrected chi connectivity index (χ3v) is 5.12. The van der Waals surface area contributed by atoms with Crippen LogP contribution < -0.4 is 10.2 Å². The number of carbonyl (C=O) groups excluding carboxylic acids is 2. The van der Waals surface area contributed by atoms with Gasteiger partial charge >= 0.3 is 0 Å². The predicted molar refractivity (Wildman–Crippen MR) is 103 cm³/mol. The molecular weight excluding hydrogens is 376 g/mol. The Morgan fingerprint density at radius 2 is 2.27 bits per heavy atom. The standard InChI is InChI=1S/C17H15ClN4O3S/c18-11-8-10(20-15(23)12-2-1-5-19-12)3-4-13(11)22-16(24)14-9-25-7-6-21(14)17(22)26/h2-5,8,14H,1,6-7,9H2,(H,20,23). The number of allylic oxidation sites excluding steroid dienone is 1. The fourth-order valence-electron chi connectivity index (χ4n) is 3.11. The van der Waals surface area contributed by atoms with Gasteiger partial charge in [0.05, 0.1) is 23.9 Å². The molecule has 134 valence electrons. The van der Waals surface area contributed by atoms with Crippen LogP contribution in [-0.2, 0) is 14.3 Å². The zero-order chi connectivity index (χ0) is 18.3. The lowest BCUT2D eigenvalue weighted by atomic mass is 10.2. The van der Waals surface area contributed by atoms with Gasteiger partial charge < -0.3 is 15.0 Å². The highest BCUT2D eigenvalue weighted by Crippen LogP contribution is 2.34. The number of rotatable bonds is 3. The fourth-order valence-corrected chi connectivity index (χ4v) is 3.78. The maximum atomic E-state index is 12.7. The second-order valence-corrected chi connectivity index (χ2v) is 6.77. The molecule has 0 saturated carbocycles. The molecule has 3 heterocycles. The van der Waals surface area contributed by atoms with Crippen LogP contribution in [0.15, 0.2) is 35.0 Å². The molecule has 2 amide bonds. The third kappa shape index (κ3) is 2.90. The molecule has 0 radical (unpaired) electrons. The molecule has 26 heavy (non-hydrogen) atoms. The van der Waals surface area contributed by atoms with Gasteiger partial charge in [-0.25, -0.2) is 0 Å². The Kier molecular flexibility index (Phi) is 4.47. The number of halogens is 1. The van der Waals surface area contributed by atoms with Crippen LogP contribution in [0.2, 0.25) is 5.02 Å². The van der Waals surface area contributed by atoms with Gasteiger partial charge in [-0.2, -0.15) is 0 Å². The topological polar surface area (TPSA) is 74.2 Å². The highest BCUT2D eigenvalue weighted by Gasteiger charge is 2.45. The number of amides is 2. The lowest BCUT2D eigenvalue weighted by Crippen LogP contribution is -2.44. The van der Waals surface area contributed by atoms with Crippen molar-refractivity contribution in [3.63, 3.8) is 0 Å². The molecule has 0 aliphatic carbocycles. The van der Waals surface area contributed by atoms with Crippen LogP contribution in [0, 0.1) is 0 Å². The first-order valence-electron chi connectivity index (χ1n) is 8.12. The third-order valence-electron chi connectivity index (χ3n) is 4.40. The van der Waals surface area contributed by atoms with Crippen molar-refractivity contribution in [2.45, 2.75) is 12.5 Å². The lowest BCUT2D eigenvalue weighted by Gasteiger charge is -2.28. The normalized spacial score (nSPS) is 21.9. The van der Waals surface area contributed by atoms with Crippen LogP contribution in [0.3, 0.4) is 0 Å². The monoisotopic (exact) mass is 390 g/mol. The van der Waals surface area contributed by atoms with E-state index in [0.717, 1.165) is 0 Å². The summed E-state index contributed by atoms with van der Waals surface area (Å²) >= 11 is 11.8. The first-order chi connectivity index (χ1) is 12.6. The SMILES string of the molecule is O=C(Nc1ccc(N2C(=O)C3COCCN3C2=S)c(Cl)c1)C1=CCC=N1. The van der Waals surface area contributed by atoms with E-state index in [0.29, 0.717) is 53.4 Å². The Balaban J connectivity index is 1.56. The zero-order valence-electron chi connectivity index (χ0n) is 13.6. The summed E-state index contributed by atoms with van der Waals surface area (Å²) in [6, 6.07) is 4.55. The number of anilines is 2. The molecule has 1 aromatic carbocycles. The van der Waals surface area contributed by atoms with E-state index in [1.165, 1.54) is 4.90 Å². The Morgan fingerprint density at radius 1 is 1.42 bits per heavy atom. The number of ether oxygens (including phenoxy) is 1. The Hall–Kier alpha value is -2.29. The Bertz CT molecular complexity index is 846. The van der Waals surface area contributed by atoms with Crippen molar-refractivity contribution in [2.75, 3.05) is 30.0 Å². The number of carbonyl (C=O) groups is 2. The summed E-state index contributed by atoms with van der Waals surface area (Å²) in [6.45, 7) is 1.43. The van der Waals surface area contributed by atoms with Crippen molar-refractivity contribution >= 4 is 58.3 Å². The molecule has 1 N–H and O–H groups in total. The molecule has 0 bridgehead atoms. The van der Waals surface area contributed by atoms with Gasteiger partial charge in [-0.05, 0) is 36.5 Å². The number of nitrogens with zero attached hydrogens (tertiary/aromatic N) is 3. The van der Waals surface area contributed by atoms with Crippen molar-refractivity contribution in [2.24, 2.45) is 4.99 Å². The Morgan fingerprint density at radius 3 is 2.96 bits per heavy atom. The maximum Gasteiger partial charge on any atom is 0.273 e. The molecule has 3 aliphatic rings. The minimum atomic E-state index is -0.404. The smallest absolute Gasteiger partial charge is 0.273 e. The molecule has 1 unspecified atom stereocenters. The highest BCUT2D eigenvalue weighted by atomic mass is 35.5. The number of benzene rings is 1. The van der Waals surface area contributed by atoms with E-state index in [2.05, 4.69) is 10.3 Å². The number of nitrogens with one attached hydrogen (secondary N) is 1. The molecule has 1 atom stereocenters. The van der Waals surface area contributed by atoms with E-state index in [-0.39, 0.29) is 11.8 Å². The Labute approximate surface area is 160 Å². The van der Waals surface area contributed by atoms with E-state index >= 15 is 0 Å². The van der Waals surface area contributed by atoms with Crippen molar-refractivity contribution in [3.8, 4) is 0 Å². The molecule has 4 rings (SSSR count). The number of aliphatic imine (C=N–C) groups is 1. The van der Waals surface area contributed by atoms with Gasteiger partial charge in [-0.1, -0.05) is 11.6 Å². The summed E-state index contributed by atoms with van der Waals surface area (Å²) in [5.41, 5.74) is 1.38. The largest absolute Gasteiger partial charge is 0.377 e. The van der Waals surface area contributed by atoms with Gasteiger partial charge in [0.25, 0.3) is 11.8 Å². The highest BCUT2D eigenvalue weighted by molar-refractivity contribution is 7.80. The summed E-state index contributed by atoms with van der Waals surface area (Å²) in [4.78, 5) is 32.1. The molecule has 0 aromatic heterocycles. The van der Waals surface area contributed by atoms with E-state index in [4.69, 9.17) is 28.6 Å². The minimum absolute atomic E-state index is 0.154. The molecule has 2 saturated heterocycles. The number of morpholine rings is 1. The van der Waals surface area contributed by atoms with Gasteiger partial charge in [-0.3, -0.25) is 19.5 Å². The quantitative estimate of drug-likeness (QED) is 0.799. The first-order valence-corrected chi connectivity index (χ1v) is 8.91. The van der Waals surface area contributed by atoms with Gasteiger partial charge in [-0.15, -0.1) is 0 Å². The number of hydrogen-bond donors (Lipinski definition) is 1. The number of fused-ring (bicyclic) bond motifs is 1. The summed E-state index contributed by atoms with van der Waals surface area (Å²) in [7, 11) is 0. The number of hydrogen-bond acceptors (Lipinski definition) is 5. The van der Waals surface area contributed by atoms with Crippen molar-refractivity contribution in [1.82, 2.24) is 4.90 Å². The molecule has 2 fully saturated rings. The summed E-state index contributed by atoms with van der Waals surface area (Å²) in [5, 5.41) is 3.49. The number of thiocarbonyl (C=S) groups is 1. The molecule has 0 spiro atoms. The van der Waals surface area contributed by atoms with E-state index in [9.17, 15) is 9.59 Å².